The van der Waals surface area contributed by atoms with E-state index in [1.807, 2.05) is 0 Å². The molecule has 0 bridgehead atoms. The summed E-state index contributed by atoms with van der Waals surface area (Å²) in [5, 5.41) is 8.89. The van der Waals surface area contributed by atoms with Crippen LogP contribution in [0.4, 0.5) is 0 Å². The third-order valence-corrected chi connectivity index (χ3v) is 3.41. The highest BCUT2D eigenvalue weighted by Crippen LogP contribution is 2.21. The van der Waals surface area contributed by atoms with Crippen molar-refractivity contribution in [2.45, 2.75) is 13.0 Å². The second-order valence-corrected chi connectivity index (χ2v) is 4.59. The van der Waals surface area contributed by atoms with Crippen molar-refractivity contribution in [1.82, 2.24) is 9.80 Å². The summed E-state index contributed by atoms with van der Waals surface area (Å²) in [6.45, 7) is 1.29. The summed E-state index contributed by atoms with van der Waals surface area (Å²) in [7, 11) is 1.51. The highest BCUT2D eigenvalue weighted by atomic mass is 32.2. The molecule has 0 aromatic carbocycles. The van der Waals surface area contributed by atoms with Gasteiger partial charge >= 0.3 is 5.97 Å². The molecule has 1 saturated heterocycles. The number of hydrogen-bond acceptors (Lipinski definition) is 4. The van der Waals surface area contributed by atoms with Gasteiger partial charge in [-0.05, 0) is 0 Å². The molecule has 90 valence electrons. The van der Waals surface area contributed by atoms with Gasteiger partial charge in [0.1, 0.15) is 6.04 Å². The SMILES string of the molecule is CC(=O)N(C)CC(=O)N1CSCC1C(=O)O. The van der Waals surface area contributed by atoms with E-state index < -0.39 is 12.0 Å². The Balaban J connectivity index is 2.60. The lowest BCUT2D eigenvalue weighted by Crippen LogP contribution is -2.46. The zero-order valence-corrected chi connectivity index (χ0v) is 9.99. The quantitative estimate of drug-likeness (QED) is 0.723. The van der Waals surface area contributed by atoms with Gasteiger partial charge in [-0.25, -0.2) is 4.79 Å². The Morgan fingerprint density at radius 2 is 2.12 bits per heavy atom. The third kappa shape index (κ3) is 2.88. The molecular formula is C9H14N2O4S. The van der Waals surface area contributed by atoms with E-state index in [2.05, 4.69) is 0 Å². The Labute approximate surface area is 97.6 Å². The highest BCUT2D eigenvalue weighted by molar-refractivity contribution is 7.99. The predicted octanol–water partition coefficient (Wildman–Crippen LogP) is -0.549. The van der Waals surface area contributed by atoms with Crippen LogP contribution in [0.15, 0.2) is 0 Å². The van der Waals surface area contributed by atoms with Crippen LogP contribution in [0, 0.1) is 0 Å². The Morgan fingerprint density at radius 1 is 1.50 bits per heavy atom. The molecule has 0 saturated carbocycles. The maximum absolute atomic E-state index is 11.7. The molecule has 0 radical (unpaired) electrons. The van der Waals surface area contributed by atoms with Crippen LogP contribution in [-0.2, 0) is 14.4 Å². The number of carboxylic acid groups (broad SMARTS) is 1. The molecule has 6 nitrogen and oxygen atoms in total. The fraction of sp³-hybridized carbons (Fsp3) is 0.667. The number of amides is 2. The molecule has 1 unspecified atom stereocenters. The number of thioether (sulfide) groups is 1. The van der Waals surface area contributed by atoms with Crippen molar-refractivity contribution in [3.63, 3.8) is 0 Å². The molecule has 1 N–H and O–H groups in total. The van der Waals surface area contributed by atoms with Gasteiger partial charge in [0.05, 0.1) is 12.4 Å². The summed E-state index contributed by atoms with van der Waals surface area (Å²) in [5.41, 5.74) is 0. The normalized spacial score (nSPS) is 19.6. The Morgan fingerprint density at radius 3 is 2.62 bits per heavy atom. The minimum Gasteiger partial charge on any atom is -0.480 e. The fourth-order valence-electron chi connectivity index (χ4n) is 1.30. The zero-order chi connectivity index (χ0) is 12.3. The average Bonchev–Trinajstić information content (AvgIpc) is 2.65. The summed E-state index contributed by atoms with van der Waals surface area (Å²) >= 11 is 1.40. The molecule has 0 aromatic rings. The molecular weight excluding hydrogens is 232 g/mol. The maximum atomic E-state index is 11.7. The van der Waals surface area contributed by atoms with Gasteiger partial charge in [0, 0.05) is 19.7 Å². The van der Waals surface area contributed by atoms with E-state index in [0.29, 0.717) is 11.6 Å². The van der Waals surface area contributed by atoms with Gasteiger partial charge in [-0.3, -0.25) is 9.59 Å². The average molecular weight is 246 g/mol. The van der Waals surface area contributed by atoms with Crippen molar-refractivity contribution in [1.29, 1.82) is 0 Å². The van der Waals surface area contributed by atoms with E-state index in [4.69, 9.17) is 5.11 Å². The number of carbonyl (C=O) groups is 3. The van der Waals surface area contributed by atoms with Crippen molar-refractivity contribution < 1.29 is 19.5 Å². The molecule has 0 aromatic heterocycles. The lowest BCUT2D eigenvalue weighted by Gasteiger charge is -2.23. The number of nitrogens with zero attached hydrogens (tertiary/aromatic N) is 2. The number of likely N-dealkylation sites (N-methyl/N-ethyl adjacent to an activating group) is 1. The number of rotatable bonds is 3. The molecule has 7 heteroatoms. The first-order valence-electron chi connectivity index (χ1n) is 4.75. The van der Waals surface area contributed by atoms with E-state index >= 15 is 0 Å². The van der Waals surface area contributed by atoms with Crippen LogP contribution in [-0.4, -0.2) is 64.0 Å². The van der Waals surface area contributed by atoms with Crippen LogP contribution in [0.3, 0.4) is 0 Å². The highest BCUT2D eigenvalue weighted by Gasteiger charge is 2.34. The van der Waals surface area contributed by atoms with Gasteiger partial charge in [0.15, 0.2) is 0 Å². The molecule has 2 amide bonds. The van der Waals surface area contributed by atoms with Crippen LogP contribution < -0.4 is 0 Å². The summed E-state index contributed by atoms with van der Waals surface area (Å²) < 4.78 is 0. The Kier molecular flexibility index (Phi) is 4.17. The molecule has 1 atom stereocenters. The number of hydrogen-bond donors (Lipinski definition) is 1. The standard InChI is InChI=1S/C9H14N2O4S/c1-6(12)10(2)3-8(13)11-5-16-4-7(11)9(14)15/h7H,3-5H2,1-2H3,(H,14,15). The topological polar surface area (TPSA) is 77.9 Å². The summed E-state index contributed by atoms with van der Waals surface area (Å²) in [5.74, 6) is -0.752. The molecule has 1 heterocycles. The monoisotopic (exact) mass is 246 g/mol. The number of carboxylic acids is 1. The van der Waals surface area contributed by atoms with Gasteiger partial charge in [-0.2, -0.15) is 0 Å². The molecule has 1 fully saturated rings. The summed E-state index contributed by atoms with van der Waals surface area (Å²) in [4.78, 5) is 36.1. The first kappa shape index (κ1) is 12.8. The van der Waals surface area contributed by atoms with Gasteiger partial charge in [-0.1, -0.05) is 0 Å². The van der Waals surface area contributed by atoms with Crippen molar-refractivity contribution in [3.8, 4) is 0 Å². The lowest BCUT2D eigenvalue weighted by atomic mass is 10.3. The molecule has 1 aliphatic heterocycles. The molecule has 0 spiro atoms. The molecule has 0 aliphatic carbocycles. The lowest BCUT2D eigenvalue weighted by molar-refractivity contribution is -0.148. The van der Waals surface area contributed by atoms with E-state index in [0.717, 1.165) is 0 Å². The second-order valence-electron chi connectivity index (χ2n) is 3.59. The first-order valence-corrected chi connectivity index (χ1v) is 5.90. The van der Waals surface area contributed by atoms with Gasteiger partial charge in [0.25, 0.3) is 0 Å². The molecule has 1 aliphatic rings. The van der Waals surface area contributed by atoms with Gasteiger partial charge in [0.2, 0.25) is 11.8 Å². The molecule has 1 rings (SSSR count). The summed E-state index contributed by atoms with van der Waals surface area (Å²) in [6, 6.07) is -0.766. The van der Waals surface area contributed by atoms with E-state index in [-0.39, 0.29) is 18.4 Å². The minimum atomic E-state index is -0.996. The van der Waals surface area contributed by atoms with E-state index in [1.165, 1.54) is 35.5 Å². The van der Waals surface area contributed by atoms with Crippen molar-refractivity contribution in [3.05, 3.63) is 0 Å². The van der Waals surface area contributed by atoms with Gasteiger partial charge < -0.3 is 14.9 Å². The van der Waals surface area contributed by atoms with Crippen molar-refractivity contribution >= 4 is 29.5 Å². The maximum Gasteiger partial charge on any atom is 0.327 e. The zero-order valence-electron chi connectivity index (χ0n) is 9.17. The fourth-order valence-corrected chi connectivity index (χ4v) is 2.47. The smallest absolute Gasteiger partial charge is 0.327 e. The summed E-state index contributed by atoms with van der Waals surface area (Å²) in [6.07, 6.45) is 0. The molecule has 16 heavy (non-hydrogen) atoms. The Hall–Kier alpha value is -1.24. The van der Waals surface area contributed by atoms with E-state index in [9.17, 15) is 14.4 Å². The second kappa shape index (κ2) is 5.20. The van der Waals surface area contributed by atoms with Crippen molar-refractivity contribution in [2.24, 2.45) is 0 Å². The Bertz CT molecular complexity index is 321. The van der Waals surface area contributed by atoms with Crippen LogP contribution >= 0.6 is 11.8 Å². The third-order valence-electron chi connectivity index (χ3n) is 2.40. The minimum absolute atomic E-state index is 0.0698. The number of aliphatic carboxylic acids is 1. The van der Waals surface area contributed by atoms with Crippen LogP contribution in [0.1, 0.15) is 6.92 Å². The van der Waals surface area contributed by atoms with Gasteiger partial charge in [-0.15, -0.1) is 11.8 Å². The van der Waals surface area contributed by atoms with E-state index in [1.54, 1.807) is 0 Å². The largest absolute Gasteiger partial charge is 0.480 e. The predicted molar refractivity (Wildman–Crippen MR) is 58.9 cm³/mol. The number of carbonyl (C=O) groups excluding carboxylic acids is 2. The first-order chi connectivity index (χ1) is 7.43. The van der Waals surface area contributed by atoms with Crippen LogP contribution in [0.2, 0.25) is 0 Å². The van der Waals surface area contributed by atoms with Crippen molar-refractivity contribution in [2.75, 3.05) is 25.2 Å². The van der Waals surface area contributed by atoms with Crippen LogP contribution in [0.5, 0.6) is 0 Å². The van der Waals surface area contributed by atoms with Crippen LogP contribution in [0.25, 0.3) is 0 Å².